The van der Waals surface area contributed by atoms with Gasteiger partial charge >= 0.3 is 0 Å². The molecule has 3 N–H and O–H groups in total. The number of nitrogens with one attached hydrogen (secondary N) is 3. The van der Waals surface area contributed by atoms with Crippen LogP contribution in [-0.2, 0) is 10.0 Å². The molecule has 0 spiro atoms. The zero-order valence-corrected chi connectivity index (χ0v) is 16.7. The fourth-order valence-corrected chi connectivity index (χ4v) is 4.32. The van der Waals surface area contributed by atoms with Crippen LogP contribution in [0.5, 0.6) is 0 Å². The number of ketones is 1. The van der Waals surface area contributed by atoms with Crippen molar-refractivity contribution in [3.63, 3.8) is 0 Å². The number of halogens is 3. The van der Waals surface area contributed by atoms with Crippen molar-refractivity contribution >= 4 is 44.5 Å². The topological polar surface area (TPSA) is 91.1 Å². The van der Waals surface area contributed by atoms with Crippen LogP contribution in [0.15, 0.2) is 23.4 Å². The highest BCUT2D eigenvalue weighted by atomic mass is 35.5. The summed E-state index contributed by atoms with van der Waals surface area (Å²) in [5.41, 5.74) is -0.249. The molecule has 1 aliphatic heterocycles. The molecular weight excluding hydrogens is 412 g/mol. The smallest absolute Gasteiger partial charge is 0.232 e. The number of carbonyl (C=O) groups excluding carboxylic acids is 1. The molecule has 3 rings (SSSR count). The van der Waals surface area contributed by atoms with Crippen molar-refractivity contribution in [1.29, 1.82) is 0 Å². The van der Waals surface area contributed by atoms with Crippen LogP contribution >= 0.6 is 11.6 Å². The van der Waals surface area contributed by atoms with Gasteiger partial charge in [0.15, 0.2) is 5.82 Å². The largest absolute Gasteiger partial charge is 0.366 e. The first-order valence-corrected chi connectivity index (χ1v) is 10.5. The van der Waals surface area contributed by atoms with Gasteiger partial charge in [-0.1, -0.05) is 18.5 Å². The lowest BCUT2D eigenvalue weighted by Gasteiger charge is -2.17. The number of aromatic amines is 1. The first kappa shape index (κ1) is 20.3. The number of hydrogen-bond acceptors (Lipinski definition) is 4. The standard InChI is InChI=1S/C18H18ClF2N3O3S/c1-3-6-28(26,27)24-13-5-4-12(20)15(16(13)21)17(25)10-7-22-18-14(10)9(2)11(19)8-23-18/h4-5,7,22-24H,3,6,8H2,1-2H3. The summed E-state index contributed by atoms with van der Waals surface area (Å²) in [5, 5.41) is 3.45. The minimum absolute atomic E-state index is 0.0317. The van der Waals surface area contributed by atoms with E-state index in [0.717, 1.165) is 12.1 Å². The van der Waals surface area contributed by atoms with Gasteiger partial charge in [0.05, 0.1) is 23.5 Å². The Balaban J connectivity index is 2.08. The highest BCUT2D eigenvalue weighted by molar-refractivity contribution is 7.92. The Morgan fingerprint density at radius 1 is 1.32 bits per heavy atom. The maximum absolute atomic E-state index is 14.9. The Morgan fingerprint density at radius 3 is 2.71 bits per heavy atom. The highest BCUT2D eigenvalue weighted by Gasteiger charge is 2.29. The van der Waals surface area contributed by atoms with E-state index in [-0.39, 0.29) is 11.3 Å². The molecule has 0 bridgehead atoms. The Kier molecular flexibility index (Phi) is 5.49. The van der Waals surface area contributed by atoms with Gasteiger partial charge in [0, 0.05) is 22.4 Å². The lowest BCUT2D eigenvalue weighted by molar-refractivity contribution is 0.103. The van der Waals surface area contributed by atoms with Crippen LogP contribution in [-0.4, -0.2) is 31.5 Å². The lowest BCUT2D eigenvalue weighted by atomic mass is 9.95. The van der Waals surface area contributed by atoms with Gasteiger partial charge in [0.25, 0.3) is 0 Å². The molecule has 0 saturated carbocycles. The minimum Gasteiger partial charge on any atom is -0.366 e. The van der Waals surface area contributed by atoms with Crippen LogP contribution in [0, 0.1) is 11.6 Å². The molecule has 1 aliphatic rings. The summed E-state index contributed by atoms with van der Waals surface area (Å²) in [6.07, 6.45) is 1.66. The third-order valence-electron chi connectivity index (χ3n) is 4.38. The third-order valence-corrected chi connectivity index (χ3v) is 6.28. The zero-order chi connectivity index (χ0) is 20.6. The van der Waals surface area contributed by atoms with Gasteiger partial charge in [-0.3, -0.25) is 9.52 Å². The Labute approximate surface area is 166 Å². The molecule has 0 atom stereocenters. The maximum atomic E-state index is 14.9. The number of aromatic nitrogens is 1. The number of allylic oxidation sites excluding steroid dienone is 1. The predicted octanol–water partition coefficient (Wildman–Crippen LogP) is 4.07. The van der Waals surface area contributed by atoms with Crippen LogP contribution < -0.4 is 10.0 Å². The number of sulfonamides is 1. The Morgan fingerprint density at radius 2 is 2.04 bits per heavy atom. The van der Waals surface area contributed by atoms with E-state index in [1.54, 1.807) is 13.8 Å². The summed E-state index contributed by atoms with van der Waals surface area (Å²) in [5.74, 6) is -2.99. The number of carbonyl (C=O) groups is 1. The fraction of sp³-hybridized carbons (Fsp3) is 0.278. The molecular formula is C18H18ClF2N3O3S. The van der Waals surface area contributed by atoms with E-state index in [2.05, 4.69) is 15.0 Å². The van der Waals surface area contributed by atoms with E-state index in [1.807, 2.05) is 0 Å². The van der Waals surface area contributed by atoms with Gasteiger partial charge in [-0.05, 0) is 31.1 Å². The molecule has 1 aromatic heterocycles. The second kappa shape index (κ2) is 7.56. The van der Waals surface area contributed by atoms with E-state index in [4.69, 9.17) is 11.6 Å². The number of anilines is 2. The average Bonchev–Trinajstić information content (AvgIpc) is 3.05. The molecule has 28 heavy (non-hydrogen) atoms. The number of rotatable bonds is 6. The third kappa shape index (κ3) is 3.64. The van der Waals surface area contributed by atoms with Crippen molar-refractivity contribution in [1.82, 2.24) is 4.98 Å². The maximum Gasteiger partial charge on any atom is 0.232 e. The van der Waals surface area contributed by atoms with E-state index < -0.39 is 38.7 Å². The first-order chi connectivity index (χ1) is 13.2. The second-order valence-electron chi connectivity index (χ2n) is 6.37. The molecule has 1 aromatic carbocycles. The van der Waals surface area contributed by atoms with Crippen molar-refractivity contribution in [3.05, 3.63) is 51.7 Å². The van der Waals surface area contributed by atoms with Crippen LogP contribution in [0.4, 0.5) is 20.3 Å². The van der Waals surface area contributed by atoms with Crippen LogP contribution in [0.2, 0.25) is 0 Å². The van der Waals surface area contributed by atoms with E-state index in [1.165, 1.54) is 6.20 Å². The zero-order valence-electron chi connectivity index (χ0n) is 15.1. The molecule has 0 amide bonds. The average molecular weight is 430 g/mol. The molecule has 0 aliphatic carbocycles. The Hall–Kier alpha value is -2.39. The van der Waals surface area contributed by atoms with Crippen LogP contribution in [0.25, 0.3) is 5.57 Å². The molecule has 0 fully saturated rings. The SMILES string of the molecule is CCCS(=O)(=O)Nc1ccc(F)c(C(=O)c2c[nH]c3c2C(C)=C(Cl)CN3)c1F. The minimum atomic E-state index is -3.81. The summed E-state index contributed by atoms with van der Waals surface area (Å²) in [6, 6.07) is 1.80. The van der Waals surface area contributed by atoms with Crippen molar-refractivity contribution < 1.29 is 22.0 Å². The van der Waals surface area contributed by atoms with Gasteiger partial charge in [-0.25, -0.2) is 17.2 Å². The van der Waals surface area contributed by atoms with E-state index in [0.29, 0.717) is 35.0 Å². The molecule has 6 nitrogen and oxygen atoms in total. The first-order valence-electron chi connectivity index (χ1n) is 8.50. The van der Waals surface area contributed by atoms with Crippen LogP contribution in [0.1, 0.15) is 41.8 Å². The van der Waals surface area contributed by atoms with Crippen molar-refractivity contribution in [2.45, 2.75) is 20.3 Å². The van der Waals surface area contributed by atoms with Crippen molar-refractivity contribution in [2.24, 2.45) is 0 Å². The molecule has 150 valence electrons. The number of fused-ring (bicyclic) bond motifs is 1. The van der Waals surface area contributed by atoms with Gasteiger partial charge in [0.2, 0.25) is 15.8 Å². The second-order valence-corrected chi connectivity index (χ2v) is 8.67. The molecule has 0 unspecified atom stereocenters. The van der Waals surface area contributed by atoms with E-state index >= 15 is 0 Å². The molecule has 0 saturated heterocycles. The molecule has 0 radical (unpaired) electrons. The predicted molar refractivity (Wildman–Crippen MR) is 105 cm³/mol. The molecule has 10 heteroatoms. The molecule has 2 aromatic rings. The molecule has 2 heterocycles. The lowest BCUT2D eigenvalue weighted by Crippen LogP contribution is -2.19. The van der Waals surface area contributed by atoms with Gasteiger partial charge in [-0.2, -0.15) is 0 Å². The normalized spacial score (nSPS) is 13.9. The number of benzene rings is 1. The summed E-state index contributed by atoms with van der Waals surface area (Å²) >= 11 is 6.13. The number of H-pyrrole nitrogens is 1. The van der Waals surface area contributed by atoms with Gasteiger partial charge < -0.3 is 10.3 Å². The summed E-state index contributed by atoms with van der Waals surface area (Å²) < 4.78 is 55.2. The van der Waals surface area contributed by atoms with Crippen molar-refractivity contribution in [2.75, 3.05) is 22.3 Å². The quantitative estimate of drug-likeness (QED) is 0.603. The highest BCUT2D eigenvalue weighted by Crippen LogP contribution is 2.36. The Bertz CT molecular complexity index is 1090. The summed E-state index contributed by atoms with van der Waals surface area (Å²) in [6.45, 7) is 3.72. The van der Waals surface area contributed by atoms with Gasteiger partial charge in [-0.15, -0.1) is 0 Å². The number of hydrogen-bond donors (Lipinski definition) is 3. The summed E-state index contributed by atoms with van der Waals surface area (Å²) in [7, 11) is -3.81. The fourth-order valence-electron chi connectivity index (χ4n) is 3.03. The van der Waals surface area contributed by atoms with E-state index in [9.17, 15) is 22.0 Å². The van der Waals surface area contributed by atoms with Gasteiger partial charge in [0.1, 0.15) is 11.6 Å². The summed E-state index contributed by atoms with van der Waals surface area (Å²) in [4.78, 5) is 15.8. The van der Waals surface area contributed by atoms with Crippen molar-refractivity contribution in [3.8, 4) is 0 Å². The monoisotopic (exact) mass is 429 g/mol. The van der Waals surface area contributed by atoms with Crippen LogP contribution in [0.3, 0.4) is 0 Å².